The number of nitrogens with zero attached hydrogens (tertiary/aromatic N) is 2. The first-order valence-corrected chi connectivity index (χ1v) is 4.92. The first-order chi connectivity index (χ1) is 7.59. The van der Waals surface area contributed by atoms with E-state index < -0.39 is 5.97 Å². The van der Waals surface area contributed by atoms with E-state index in [1.807, 2.05) is 31.2 Å². The summed E-state index contributed by atoms with van der Waals surface area (Å²) in [5.41, 5.74) is 2.70. The molecule has 0 bridgehead atoms. The molecule has 1 heterocycles. The van der Waals surface area contributed by atoms with E-state index in [4.69, 9.17) is 5.11 Å². The maximum atomic E-state index is 11.0. The number of carboxylic acid groups (broad SMARTS) is 1. The van der Waals surface area contributed by atoms with Crippen LogP contribution in [0, 0.1) is 6.92 Å². The second-order valence-corrected chi connectivity index (χ2v) is 3.69. The summed E-state index contributed by atoms with van der Waals surface area (Å²) in [7, 11) is 1.72. The third-order valence-electron chi connectivity index (χ3n) is 2.47. The van der Waals surface area contributed by atoms with Crippen LogP contribution in [0.15, 0.2) is 30.5 Å². The highest BCUT2D eigenvalue weighted by atomic mass is 16.4. The predicted octanol–water partition coefficient (Wildman–Crippen LogP) is 2.09. The van der Waals surface area contributed by atoms with Gasteiger partial charge >= 0.3 is 5.97 Å². The average molecular weight is 216 g/mol. The summed E-state index contributed by atoms with van der Waals surface area (Å²) in [5.74, 6) is -1.00. The zero-order chi connectivity index (χ0) is 11.7. The van der Waals surface area contributed by atoms with Gasteiger partial charge in [0.15, 0.2) is 5.69 Å². The average Bonchev–Trinajstić information content (AvgIpc) is 2.61. The van der Waals surface area contributed by atoms with E-state index in [0.717, 1.165) is 11.1 Å². The van der Waals surface area contributed by atoms with Gasteiger partial charge in [0.1, 0.15) is 0 Å². The third-order valence-corrected chi connectivity index (χ3v) is 2.47. The minimum atomic E-state index is -1.00. The Morgan fingerprint density at radius 1 is 1.31 bits per heavy atom. The molecule has 0 saturated heterocycles. The number of hydrogen-bond acceptors (Lipinski definition) is 2. The van der Waals surface area contributed by atoms with Gasteiger partial charge in [-0.3, -0.25) is 4.68 Å². The molecule has 2 aromatic rings. The van der Waals surface area contributed by atoms with Crippen LogP contribution in [0.3, 0.4) is 0 Å². The monoisotopic (exact) mass is 216 g/mol. The molecule has 4 nitrogen and oxygen atoms in total. The van der Waals surface area contributed by atoms with E-state index in [1.54, 1.807) is 13.2 Å². The van der Waals surface area contributed by atoms with Crippen molar-refractivity contribution < 1.29 is 9.90 Å². The van der Waals surface area contributed by atoms with Gasteiger partial charge in [0, 0.05) is 18.8 Å². The van der Waals surface area contributed by atoms with Crippen LogP contribution in [0.4, 0.5) is 0 Å². The van der Waals surface area contributed by atoms with E-state index in [9.17, 15) is 4.79 Å². The molecular weight excluding hydrogens is 204 g/mol. The van der Waals surface area contributed by atoms with E-state index in [2.05, 4.69) is 5.10 Å². The number of aryl methyl sites for hydroxylation is 2. The summed E-state index contributed by atoms with van der Waals surface area (Å²) >= 11 is 0. The first-order valence-electron chi connectivity index (χ1n) is 4.92. The lowest BCUT2D eigenvalue weighted by Crippen LogP contribution is -2.00. The summed E-state index contributed by atoms with van der Waals surface area (Å²) in [6.45, 7) is 1.95. The lowest BCUT2D eigenvalue weighted by molar-refractivity contribution is 0.0690. The highest BCUT2D eigenvalue weighted by Crippen LogP contribution is 2.25. The zero-order valence-corrected chi connectivity index (χ0v) is 9.14. The lowest BCUT2D eigenvalue weighted by atomic mass is 10.0. The molecule has 0 radical (unpaired) electrons. The van der Waals surface area contributed by atoms with Gasteiger partial charge < -0.3 is 5.11 Å². The number of carboxylic acids is 1. The summed E-state index contributed by atoms with van der Waals surface area (Å²) in [4.78, 5) is 11.0. The van der Waals surface area contributed by atoms with Crippen LogP contribution in [-0.4, -0.2) is 20.9 Å². The summed E-state index contributed by atoms with van der Waals surface area (Å²) in [6.07, 6.45) is 1.73. The fourth-order valence-corrected chi connectivity index (χ4v) is 1.72. The van der Waals surface area contributed by atoms with Gasteiger partial charge in [0.2, 0.25) is 0 Å². The smallest absolute Gasteiger partial charge is 0.357 e. The van der Waals surface area contributed by atoms with Gasteiger partial charge in [-0.1, -0.05) is 24.3 Å². The second kappa shape index (κ2) is 3.81. The van der Waals surface area contributed by atoms with Gasteiger partial charge in [0.25, 0.3) is 0 Å². The molecule has 4 heteroatoms. The Hall–Kier alpha value is -2.10. The van der Waals surface area contributed by atoms with Crippen LogP contribution in [0.5, 0.6) is 0 Å². The standard InChI is InChI=1S/C12H12N2O2/c1-8-5-3-4-6-9(8)10-7-14(2)13-11(10)12(15)16/h3-7H,1-2H3,(H,15,16). The van der Waals surface area contributed by atoms with E-state index in [-0.39, 0.29) is 5.69 Å². The molecule has 16 heavy (non-hydrogen) atoms. The molecule has 0 saturated carbocycles. The lowest BCUT2D eigenvalue weighted by Gasteiger charge is -2.02. The molecular formula is C12H12N2O2. The molecule has 0 aliphatic rings. The van der Waals surface area contributed by atoms with Crippen LogP contribution in [0.25, 0.3) is 11.1 Å². The van der Waals surface area contributed by atoms with Crippen LogP contribution in [0.1, 0.15) is 16.1 Å². The number of aromatic nitrogens is 2. The Labute approximate surface area is 93.1 Å². The molecule has 0 spiro atoms. The van der Waals surface area contributed by atoms with Gasteiger partial charge in [-0.05, 0) is 18.1 Å². The maximum absolute atomic E-state index is 11.0. The number of benzene rings is 1. The minimum absolute atomic E-state index is 0.0943. The Balaban J connectivity index is 2.64. The summed E-state index contributed by atoms with van der Waals surface area (Å²) in [6, 6.07) is 7.67. The van der Waals surface area contributed by atoms with Crippen molar-refractivity contribution in [2.45, 2.75) is 6.92 Å². The zero-order valence-electron chi connectivity index (χ0n) is 9.14. The molecule has 1 aromatic carbocycles. The van der Waals surface area contributed by atoms with Crippen LogP contribution >= 0.6 is 0 Å². The Morgan fingerprint density at radius 3 is 2.62 bits per heavy atom. The van der Waals surface area contributed by atoms with E-state index in [1.165, 1.54) is 4.68 Å². The second-order valence-electron chi connectivity index (χ2n) is 3.69. The van der Waals surface area contributed by atoms with Crippen molar-refractivity contribution in [3.05, 3.63) is 41.7 Å². The maximum Gasteiger partial charge on any atom is 0.357 e. The third kappa shape index (κ3) is 1.69. The fourth-order valence-electron chi connectivity index (χ4n) is 1.72. The van der Waals surface area contributed by atoms with Crippen molar-refractivity contribution in [1.82, 2.24) is 9.78 Å². The van der Waals surface area contributed by atoms with Gasteiger partial charge in [-0.2, -0.15) is 5.10 Å². The first kappa shape index (κ1) is 10.4. The van der Waals surface area contributed by atoms with Crippen LogP contribution < -0.4 is 0 Å². The molecule has 0 aliphatic heterocycles. The number of rotatable bonds is 2. The predicted molar refractivity (Wildman–Crippen MR) is 60.3 cm³/mol. The molecule has 0 fully saturated rings. The molecule has 82 valence electrons. The number of aromatic carboxylic acids is 1. The Kier molecular flexibility index (Phi) is 2.48. The van der Waals surface area contributed by atoms with Crippen molar-refractivity contribution in [1.29, 1.82) is 0 Å². The highest BCUT2D eigenvalue weighted by molar-refractivity contribution is 5.94. The molecule has 0 unspecified atom stereocenters. The van der Waals surface area contributed by atoms with Gasteiger partial charge in [0.05, 0.1) is 0 Å². The van der Waals surface area contributed by atoms with E-state index in [0.29, 0.717) is 5.56 Å². The van der Waals surface area contributed by atoms with Crippen molar-refractivity contribution in [3.8, 4) is 11.1 Å². The van der Waals surface area contributed by atoms with Crippen molar-refractivity contribution in [2.75, 3.05) is 0 Å². The van der Waals surface area contributed by atoms with E-state index >= 15 is 0 Å². The molecule has 0 atom stereocenters. The number of carbonyl (C=O) groups is 1. The molecule has 1 N–H and O–H groups in total. The van der Waals surface area contributed by atoms with Gasteiger partial charge in [-0.25, -0.2) is 4.79 Å². The SMILES string of the molecule is Cc1ccccc1-c1cn(C)nc1C(=O)O. The fraction of sp³-hybridized carbons (Fsp3) is 0.167. The van der Waals surface area contributed by atoms with Crippen molar-refractivity contribution in [2.24, 2.45) is 7.05 Å². The Morgan fingerprint density at radius 2 is 2.00 bits per heavy atom. The molecule has 2 rings (SSSR count). The van der Waals surface area contributed by atoms with Crippen molar-refractivity contribution in [3.63, 3.8) is 0 Å². The van der Waals surface area contributed by atoms with Crippen molar-refractivity contribution >= 4 is 5.97 Å². The van der Waals surface area contributed by atoms with Crippen LogP contribution in [0.2, 0.25) is 0 Å². The molecule has 0 aliphatic carbocycles. The molecule has 0 amide bonds. The normalized spacial score (nSPS) is 10.4. The quantitative estimate of drug-likeness (QED) is 0.836. The highest BCUT2D eigenvalue weighted by Gasteiger charge is 2.17. The largest absolute Gasteiger partial charge is 0.476 e. The Bertz CT molecular complexity index is 544. The number of hydrogen-bond donors (Lipinski definition) is 1. The van der Waals surface area contributed by atoms with Crippen LogP contribution in [-0.2, 0) is 7.05 Å². The summed E-state index contributed by atoms with van der Waals surface area (Å²) < 4.78 is 1.52. The summed E-state index contributed by atoms with van der Waals surface area (Å²) in [5, 5.41) is 13.0. The molecule has 1 aromatic heterocycles. The van der Waals surface area contributed by atoms with Gasteiger partial charge in [-0.15, -0.1) is 0 Å². The topological polar surface area (TPSA) is 55.1 Å². The minimum Gasteiger partial charge on any atom is -0.476 e.